The van der Waals surface area contributed by atoms with E-state index in [1.165, 1.54) is 12.8 Å². The molecule has 0 saturated heterocycles. The molecular formula is C13H17BrFN. The first-order chi connectivity index (χ1) is 7.65. The lowest BCUT2D eigenvalue weighted by Gasteiger charge is -2.16. The summed E-state index contributed by atoms with van der Waals surface area (Å²) < 4.78 is 14.5. The SMILES string of the molecule is CCNCC1(Cc2ccc(Br)cc2F)CC1. The fourth-order valence-corrected chi connectivity index (χ4v) is 2.39. The van der Waals surface area contributed by atoms with E-state index >= 15 is 0 Å². The van der Waals surface area contributed by atoms with E-state index in [2.05, 4.69) is 28.2 Å². The number of nitrogens with one attached hydrogen (secondary N) is 1. The van der Waals surface area contributed by atoms with E-state index in [1.54, 1.807) is 6.07 Å². The molecule has 0 heterocycles. The molecule has 0 spiro atoms. The lowest BCUT2D eigenvalue weighted by atomic mass is 9.96. The molecule has 1 aliphatic carbocycles. The number of rotatable bonds is 5. The number of hydrogen-bond acceptors (Lipinski definition) is 1. The Morgan fingerprint density at radius 1 is 1.44 bits per heavy atom. The fraction of sp³-hybridized carbons (Fsp3) is 0.538. The molecule has 1 nitrogen and oxygen atoms in total. The molecule has 1 saturated carbocycles. The van der Waals surface area contributed by atoms with Crippen molar-refractivity contribution < 1.29 is 4.39 Å². The van der Waals surface area contributed by atoms with Crippen LogP contribution < -0.4 is 5.32 Å². The largest absolute Gasteiger partial charge is 0.316 e. The van der Waals surface area contributed by atoms with Crippen LogP contribution in [-0.4, -0.2) is 13.1 Å². The smallest absolute Gasteiger partial charge is 0.127 e. The molecule has 0 aliphatic heterocycles. The second-order valence-corrected chi connectivity index (χ2v) is 5.61. The van der Waals surface area contributed by atoms with E-state index in [0.29, 0.717) is 5.41 Å². The van der Waals surface area contributed by atoms with Crippen molar-refractivity contribution in [2.24, 2.45) is 5.41 Å². The van der Waals surface area contributed by atoms with Gasteiger partial charge in [-0.2, -0.15) is 0 Å². The summed E-state index contributed by atoms with van der Waals surface area (Å²) >= 11 is 3.28. The van der Waals surface area contributed by atoms with Crippen LogP contribution in [0.3, 0.4) is 0 Å². The van der Waals surface area contributed by atoms with Crippen molar-refractivity contribution in [3.05, 3.63) is 34.1 Å². The maximum Gasteiger partial charge on any atom is 0.127 e. The van der Waals surface area contributed by atoms with Gasteiger partial charge in [0.15, 0.2) is 0 Å². The van der Waals surface area contributed by atoms with Crippen LogP contribution in [0.1, 0.15) is 25.3 Å². The molecule has 1 N–H and O–H groups in total. The van der Waals surface area contributed by atoms with Crippen LogP contribution in [0, 0.1) is 11.2 Å². The third kappa shape index (κ3) is 2.83. The van der Waals surface area contributed by atoms with Gasteiger partial charge >= 0.3 is 0 Å². The predicted molar refractivity (Wildman–Crippen MR) is 68.0 cm³/mol. The maximum atomic E-state index is 13.7. The Morgan fingerprint density at radius 2 is 2.19 bits per heavy atom. The zero-order valence-electron chi connectivity index (χ0n) is 9.52. The van der Waals surface area contributed by atoms with Crippen molar-refractivity contribution in [1.82, 2.24) is 5.32 Å². The highest BCUT2D eigenvalue weighted by Gasteiger charge is 2.42. The normalized spacial score (nSPS) is 17.4. The van der Waals surface area contributed by atoms with Crippen molar-refractivity contribution in [2.75, 3.05) is 13.1 Å². The fourth-order valence-electron chi connectivity index (χ4n) is 2.05. The Labute approximate surface area is 105 Å². The lowest BCUT2D eigenvalue weighted by molar-refractivity contribution is 0.452. The van der Waals surface area contributed by atoms with Gasteiger partial charge in [-0.15, -0.1) is 0 Å². The van der Waals surface area contributed by atoms with Crippen LogP contribution in [0.5, 0.6) is 0 Å². The van der Waals surface area contributed by atoms with Gasteiger partial charge < -0.3 is 5.32 Å². The summed E-state index contributed by atoms with van der Waals surface area (Å²) in [6, 6.07) is 5.37. The van der Waals surface area contributed by atoms with Gasteiger partial charge in [-0.3, -0.25) is 0 Å². The number of halogens is 2. The summed E-state index contributed by atoms with van der Waals surface area (Å²) in [4.78, 5) is 0. The van der Waals surface area contributed by atoms with E-state index in [1.807, 2.05) is 12.1 Å². The van der Waals surface area contributed by atoms with Crippen LogP contribution in [0.4, 0.5) is 4.39 Å². The second kappa shape index (κ2) is 4.84. The first-order valence-electron chi connectivity index (χ1n) is 5.80. The van der Waals surface area contributed by atoms with Gasteiger partial charge in [0.05, 0.1) is 0 Å². The molecule has 16 heavy (non-hydrogen) atoms. The van der Waals surface area contributed by atoms with E-state index in [4.69, 9.17) is 0 Å². The molecular weight excluding hydrogens is 269 g/mol. The van der Waals surface area contributed by atoms with Crippen molar-refractivity contribution in [2.45, 2.75) is 26.2 Å². The van der Waals surface area contributed by atoms with Crippen LogP contribution in [-0.2, 0) is 6.42 Å². The third-order valence-corrected chi connectivity index (χ3v) is 3.78. The van der Waals surface area contributed by atoms with E-state index in [0.717, 1.165) is 29.5 Å². The van der Waals surface area contributed by atoms with Gasteiger partial charge in [0, 0.05) is 11.0 Å². The molecule has 0 unspecified atom stereocenters. The average molecular weight is 286 g/mol. The average Bonchev–Trinajstić information content (AvgIpc) is 3.00. The standard InChI is InChI=1S/C13H17BrFN/c1-2-16-9-13(5-6-13)8-10-3-4-11(14)7-12(10)15/h3-4,7,16H,2,5-6,8-9H2,1H3. The highest BCUT2D eigenvalue weighted by atomic mass is 79.9. The molecule has 0 atom stereocenters. The Bertz CT molecular complexity index is 374. The lowest BCUT2D eigenvalue weighted by Crippen LogP contribution is -2.25. The molecule has 1 fully saturated rings. The summed E-state index contributed by atoms with van der Waals surface area (Å²) in [5, 5.41) is 3.37. The van der Waals surface area contributed by atoms with Gasteiger partial charge in [0.1, 0.15) is 5.82 Å². The van der Waals surface area contributed by atoms with Crippen molar-refractivity contribution in [3.63, 3.8) is 0 Å². The summed E-state index contributed by atoms with van der Waals surface area (Å²) in [6.45, 7) is 4.11. The molecule has 0 amide bonds. The highest BCUT2D eigenvalue weighted by molar-refractivity contribution is 9.10. The Kier molecular flexibility index (Phi) is 3.65. The Morgan fingerprint density at radius 3 is 2.75 bits per heavy atom. The molecule has 88 valence electrons. The molecule has 1 aromatic carbocycles. The topological polar surface area (TPSA) is 12.0 Å². The quantitative estimate of drug-likeness (QED) is 0.873. The van der Waals surface area contributed by atoms with Crippen LogP contribution in [0.15, 0.2) is 22.7 Å². The number of benzene rings is 1. The summed E-state index contributed by atoms with van der Waals surface area (Å²) in [7, 11) is 0. The highest BCUT2D eigenvalue weighted by Crippen LogP contribution is 2.48. The van der Waals surface area contributed by atoms with E-state index in [9.17, 15) is 4.39 Å². The van der Waals surface area contributed by atoms with Crippen LogP contribution in [0.2, 0.25) is 0 Å². The molecule has 2 rings (SSSR count). The van der Waals surface area contributed by atoms with Gasteiger partial charge in [-0.25, -0.2) is 4.39 Å². The molecule has 0 bridgehead atoms. The van der Waals surface area contributed by atoms with Gasteiger partial charge in [0.2, 0.25) is 0 Å². The summed E-state index contributed by atoms with van der Waals surface area (Å²) in [5.74, 6) is -0.0860. The van der Waals surface area contributed by atoms with Gasteiger partial charge in [0.25, 0.3) is 0 Å². The number of hydrogen-bond donors (Lipinski definition) is 1. The van der Waals surface area contributed by atoms with Crippen molar-refractivity contribution >= 4 is 15.9 Å². The monoisotopic (exact) mass is 285 g/mol. The molecule has 0 aromatic heterocycles. The molecule has 3 heteroatoms. The van der Waals surface area contributed by atoms with Gasteiger partial charge in [-0.1, -0.05) is 28.9 Å². The zero-order chi connectivity index (χ0) is 11.6. The Balaban J connectivity index is 2.03. The Hall–Kier alpha value is -0.410. The first-order valence-corrected chi connectivity index (χ1v) is 6.59. The predicted octanol–water partition coefficient (Wildman–Crippen LogP) is 3.52. The molecule has 0 radical (unpaired) electrons. The van der Waals surface area contributed by atoms with Crippen LogP contribution in [0.25, 0.3) is 0 Å². The summed E-state index contributed by atoms with van der Waals surface area (Å²) in [5.41, 5.74) is 1.17. The maximum absolute atomic E-state index is 13.7. The minimum absolute atomic E-state index is 0.0860. The summed E-state index contributed by atoms with van der Waals surface area (Å²) in [6.07, 6.45) is 3.30. The van der Waals surface area contributed by atoms with Crippen LogP contribution >= 0.6 is 15.9 Å². The molecule has 1 aromatic rings. The van der Waals surface area contributed by atoms with E-state index in [-0.39, 0.29) is 5.82 Å². The first kappa shape index (κ1) is 12.1. The van der Waals surface area contributed by atoms with E-state index < -0.39 is 0 Å². The second-order valence-electron chi connectivity index (χ2n) is 4.69. The van der Waals surface area contributed by atoms with Crippen molar-refractivity contribution in [3.8, 4) is 0 Å². The third-order valence-electron chi connectivity index (χ3n) is 3.29. The molecule has 1 aliphatic rings. The van der Waals surface area contributed by atoms with Crippen molar-refractivity contribution in [1.29, 1.82) is 0 Å². The zero-order valence-corrected chi connectivity index (χ0v) is 11.1. The van der Waals surface area contributed by atoms with Gasteiger partial charge in [-0.05, 0) is 48.9 Å². The minimum atomic E-state index is -0.0860. The minimum Gasteiger partial charge on any atom is -0.316 e.